The van der Waals surface area contributed by atoms with Crippen LogP contribution in [0.5, 0.6) is 0 Å². The van der Waals surface area contributed by atoms with Crippen molar-refractivity contribution >= 4 is 11.5 Å². The lowest BCUT2D eigenvalue weighted by Crippen LogP contribution is -2.30. The van der Waals surface area contributed by atoms with Crippen LogP contribution in [0.4, 0.5) is 24.7 Å². The molecule has 0 aliphatic carbocycles. The number of nitrogens with one attached hydrogen (secondary N) is 1. The lowest BCUT2D eigenvalue weighted by molar-refractivity contribution is -0.141. The Morgan fingerprint density at radius 2 is 1.67 bits per heavy atom. The van der Waals surface area contributed by atoms with Crippen molar-refractivity contribution in [3.63, 3.8) is 0 Å². The highest BCUT2D eigenvalue weighted by Gasteiger charge is 2.34. The number of piperidine rings is 1. The molecule has 1 aromatic carbocycles. The fourth-order valence-electron chi connectivity index (χ4n) is 3.60. The number of benzene rings is 1. The predicted octanol–water partition coefficient (Wildman–Crippen LogP) is 5.16. The van der Waals surface area contributed by atoms with E-state index in [-0.39, 0.29) is 11.6 Å². The number of hydrogen-bond acceptors (Lipinski definition) is 5. The van der Waals surface area contributed by atoms with Crippen LogP contribution in [0.3, 0.4) is 0 Å². The van der Waals surface area contributed by atoms with Crippen LogP contribution in [0.1, 0.15) is 30.5 Å². The van der Waals surface area contributed by atoms with E-state index in [1.807, 2.05) is 18.2 Å². The van der Waals surface area contributed by atoms with Gasteiger partial charge in [-0.1, -0.05) is 18.2 Å². The van der Waals surface area contributed by atoms with Crippen LogP contribution in [0.2, 0.25) is 0 Å². The second kappa shape index (κ2) is 8.69. The molecule has 0 unspecified atom stereocenters. The number of pyridine rings is 1. The summed E-state index contributed by atoms with van der Waals surface area (Å²) in [6, 6.07) is 12.1. The third kappa shape index (κ3) is 4.69. The smallest absolute Gasteiger partial charge is 0.371 e. The molecule has 1 saturated heterocycles. The van der Waals surface area contributed by atoms with Crippen LogP contribution in [0.15, 0.2) is 54.9 Å². The molecule has 0 bridgehead atoms. The van der Waals surface area contributed by atoms with Gasteiger partial charge in [-0.15, -0.1) is 0 Å². The van der Waals surface area contributed by atoms with Crippen LogP contribution < -0.4 is 10.2 Å². The summed E-state index contributed by atoms with van der Waals surface area (Å²) in [5.74, 6) is 0.150. The average molecular weight is 413 g/mol. The molecule has 5 nitrogen and oxygen atoms in total. The highest BCUT2D eigenvalue weighted by Crippen LogP contribution is 2.31. The number of rotatable bonds is 5. The van der Waals surface area contributed by atoms with Crippen LogP contribution >= 0.6 is 0 Å². The SMILES string of the molecule is FC(F)(F)c1cc(NCc2ccccc2N2CCCCC2)nc(-c2ccncc2)n1. The van der Waals surface area contributed by atoms with Crippen LogP contribution in [-0.4, -0.2) is 28.0 Å². The predicted molar refractivity (Wildman–Crippen MR) is 110 cm³/mol. The summed E-state index contributed by atoms with van der Waals surface area (Å²) in [4.78, 5) is 14.3. The number of halogens is 3. The van der Waals surface area contributed by atoms with Crippen molar-refractivity contribution in [2.75, 3.05) is 23.3 Å². The van der Waals surface area contributed by atoms with E-state index in [0.29, 0.717) is 12.1 Å². The van der Waals surface area contributed by atoms with Crippen molar-refractivity contribution in [1.29, 1.82) is 0 Å². The first-order valence-electron chi connectivity index (χ1n) is 9.94. The number of aromatic nitrogens is 3. The molecule has 3 aromatic rings. The number of nitrogens with zero attached hydrogens (tertiary/aromatic N) is 4. The highest BCUT2D eigenvalue weighted by molar-refractivity contribution is 5.58. The lowest BCUT2D eigenvalue weighted by Gasteiger charge is -2.30. The van der Waals surface area contributed by atoms with E-state index in [1.54, 1.807) is 12.1 Å². The van der Waals surface area contributed by atoms with Gasteiger partial charge in [-0.25, -0.2) is 9.97 Å². The highest BCUT2D eigenvalue weighted by atomic mass is 19.4. The summed E-state index contributed by atoms with van der Waals surface area (Å²) < 4.78 is 40.2. The summed E-state index contributed by atoms with van der Waals surface area (Å²) in [6.07, 6.45) is 1.97. The van der Waals surface area contributed by atoms with Gasteiger partial charge in [-0.2, -0.15) is 13.2 Å². The van der Waals surface area contributed by atoms with Gasteiger partial charge in [-0.3, -0.25) is 4.98 Å². The van der Waals surface area contributed by atoms with Gasteiger partial charge in [0, 0.05) is 49.3 Å². The first-order chi connectivity index (χ1) is 14.5. The monoisotopic (exact) mass is 413 g/mol. The molecule has 30 heavy (non-hydrogen) atoms. The maximum absolute atomic E-state index is 13.4. The fraction of sp³-hybridized carbons (Fsp3) is 0.318. The second-order valence-electron chi connectivity index (χ2n) is 7.23. The van der Waals surface area contributed by atoms with Gasteiger partial charge >= 0.3 is 6.18 Å². The molecular weight excluding hydrogens is 391 g/mol. The first-order valence-corrected chi connectivity index (χ1v) is 9.94. The molecular formula is C22H22F3N5. The third-order valence-electron chi connectivity index (χ3n) is 5.10. The van der Waals surface area contributed by atoms with Crippen molar-refractivity contribution in [1.82, 2.24) is 15.0 Å². The zero-order valence-electron chi connectivity index (χ0n) is 16.4. The number of alkyl halides is 3. The molecule has 1 aliphatic rings. The average Bonchev–Trinajstić information content (AvgIpc) is 2.78. The van der Waals surface area contributed by atoms with Crippen LogP contribution in [0, 0.1) is 0 Å². The van der Waals surface area contributed by atoms with E-state index in [2.05, 4.69) is 31.2 Å². The number of anilines is 2. The van der Waals surface area contributed by atoms with E-state index in [1.165, 1.54) is 18.8 Å². The molecule has 0 radical (unpaired) electrons. The van der Waals surface area contributed by atoms with Gasteiger partial charge in [-0.05, 0) is 43.0 Å². The van der Waals surface area contributed by atoms with E-state index in [0.717, 1.165) is 43.2 Å². The second-order valence-corrected chi connectivity index (χ2v) is 7.23. The van der Waals surface area contributed by atoms with Gasteiger partial charge in [0.1, 0.15) is 5.82 Å². The number of para-hydroxylation sites is 1. The molecule has 0 spiro atoms. The zero-order valence-corrected chi connectivity index (χ0v) is 16.4. The van der Waals surface area contributed by atoms with Crippen LogP contribution in [0.25, 0.3) is 11.4 Å². The molecule has 0 atom stereocenters. The lowest BCUT2D eigenvalue weighted by atomic mass is 10.1. The first kappa shape index (κ1) is 20.1. The van der Waals surface area contributed by atoms with E-state index in [4.69, 9.17) is 0 Å². The molecule has 156 valence electrons. The van der Waals surface area contributed by atoms with E-state index in [9.17, 15) is 13.2 Å². The molecule has 1 N–H and O–H groups in total. The van der Waals surface area contributed by atoms with Crippen molar-refractivity contribution in [2.45, 2.75) is 32.0 Å². The normalized spacial score (nSPS) is 14.6. The summed E-state index contributed by atoms with van der Waals surface area (Å²) in [6.45, 7) is 2.36. The van der Waals surface area contributed by atoms with Crippen molar-refractivity contribution in [3.05, 3.63) is 66.1 Å². The topological polar surface area (TPSA) is 53.9 Å². The molecule has 8 heteroatoms. The Kier molecular flexibility index (Phi) is 5.83. The standard InChI is InChI=1S/C22H22F3N5/c23-22(24,25)19-14-20(29-21(28-19)16-8-10-26-11-9-16)27-15-17-6-2-3-7-18(17)30-12-4-1-5-13-30/h2-3,6-11,14H,1,4-5,12-13,15H2,(H,27,28,29). The molecule has 4 rings (SSSR count). The number of hydrogen-bond donors (Lipinski definition) is 1. The van der Waals surface area contributed by atoms with Gasteiger partial charge < -0.3 is 10.2 Å². The largest absolute Gasteiger partial charge is 0.433 e. The van der Waals surface area contributed by atoms with Crippen molar-refractivity contribution < 1.29 is 13.2 Å². The molecule has 0 saturated carbocycles. The Labute approximate surface area is 173 Å². The maximum atomic E-state index is 13.4. The van der Waals surface area contributed by atoms with Crippen LogP contribution in [-0.2, 0) is 12.7 Å². The fourth-order valence-corrected chi connectivity index (χ4v) is 3.60. The minimum Gasteiger partial charge on any atom is -0.371 e. The molecule has 2 aromatic heterocycles. The summed E-state index contributed by atoms with van der Waals surface area (Å²) in [5.41, 5.74) is 1.64. The van der Waals surface area contributed by atoms with Crippen molar-refractivity contribution in [2.24, 2.45) is 0 Å². The molecule has 3 heterocycles. The summed E-state index contributed by atoms with van der Waals surface area (Å²) in [5, 5.41) is 3.07. The van der Waals surface area contributed by atoms with Gasteiger partial charge in [0.15, 0.2) is 11.5 Å². The van der Waals surface area contributed by atoms with E-state index >= 15 is 0 Å². The molecule has 1 aliphatic heterocycles. The third-order valence-corrected chi connectivity index (χ3v) is 5.10. The summed E-state index contributed by atoms with van der Waals surface area (Å²) in [7, 11) is 0. The Morgan fingerprint density at radius 1 is 0.933 bits per heavy atom. The van der Waals surface area contributed by atoms with Gasteiger partial charge in [0.2, 0.25) is 0 Å². The minimum absolute atomic E-state index is 0.0130. The minimum atomic E-state index is -4.56. The van der Waals surface area contributed by atoms with Gasteiger partial charge in [0.25, 0.3) is 0 Å². The molecule has 1 fully saturated rings. The Bertz CT molecular complexity index is 986. The van der Waals surface area contributed by atoms with Gasteiger partial charge in [0.05, 0.1) is 0 Å². The molecule has 0 amide bonds. The quantitative estimate of drug-likeness (QED) is 0.626. The van der Waals surface area contributed by atoms with E-state index < -0.39 is 11.9 Å². The Hall–Kier alpha value is -3.16. The summed E-state index contributed by atoms with van der Waals surface area (Å²) >= 11 is 0. The maximum Gasteiger partial charge on any atom is 0.433 e. The Morgan fingerprint density at radius 3 is 2.40 bits per heavy atom. The van der Waals surface area contributed by atoms with Crippen molar-refractivity contribution in [3.8, 4) is 11.4 Å². The zero-order chi connectivity index (χ0) is 21.0. The Balaban J connectivity index is 1.61.